The lowest BCUT2D eigenvalue weighted by Crippen LogP contribution is -2.06. The Kier molecular flexibility index (Phi) is 5.09. The number of aromatic nitrogens is 5. The molecule has 0 amide bonds. The SMILES string of the molecule is Nc1c2c(-c3ccc(F)cc3F)nc(NCc3ccccn3)nc2nn1-c1cccc(F)c1. The minimum absolute atomic E-state index is 0.0233. The lowest BCUT2D eigenvalue weighted by atomic mass is 10.1. The predicted octanol–water partition coefficient (Wildman–Crippen LogP) is 4.49. The van der Waals surface area contributed by atoms with E-state index >= 15 is 0 Å². The van der Waals surface area contributed by atoms with Crippen LogP contribution >= 0.6 is 0 Å². The molecule has 2 aromatic carbocycles. The molecule has 0 aliphatic heterocycles. The van der Waals surface area contributed by atoms with E-state index in [-0.39, 0.29) is 34.1 Å². The van der Waals surface area contributed by atoms with Gasteiger partial charge in [-0.2, -0.15) is 4.98 Å². The largest absolute Gasteiger partial charge is 0.383 e. The molecule has 0 saturated heterocycles. The molecular weight excluding hydrogens is 431 g/mol. The molecule has 5 aromatic rings. The fourth-order valence-corrected chi connectivity index (χ4v) is 3.44. The highest BCUT2D eigenvalue weighted by Gasteiger charge is 2.21. The van der Waals surface area contributed by atoms with Crippen molar-refractivity contribution in [2.24, 2.45) is 0 Å². The molecule has 0 aliphatic rings. The summed E-state index contributed by atoms with van der Waals surface area (Å²) >= 11 is 0. The molecule has 33 heavy (non-hydrogen) atoms. The number of rotatable bonds is 5. The number of fused-ring (bicyclic) bond motifs is 1. The Morgan fingerprint density at radius 3 is 2.52 bits per heavy atom. The second kappa shape index (κ2) is 8.23. The zero-order chi connectivity index (χ0) is 22.9. The van der Waals surface area contributed by atoms with Crippen LogP contribution in [-0.4, -0.2) is 24.7 Å². The van der Waals surface area contributed by atoms with E-state index in [2.05, 4.69) is 25.4 Å². The number of halogens is 3. The first-order chi connectivity index (χ1) is 16.0. The van der Waals surface area contributed by atoms with Gasteiger partial charge in [0.05, 0.1) is 29.0 Å². The summed E-state index contributed by atoms with van der Waals surface area (Å²) < 4.78 is 43.3. The maximum atomic E-state index is 14.7. The summed E-state index contributed by atoms with van der Waals surface area (Å²) in [6.45, 7) is 0.303. The van der Waals surface area contributed by atoms with Crippen molar-refractivity contribution in [2.45, 2.75) is 6.54 Å². The summed E-state index contributed by atoms with van der Waals surface area (Å²) in [6.07, 6.45) is 1.65. The van der Waals surface area contributed by atoms with E-state index in [9.17, 15) is 13.2 Å². The van der Waals surface area contributed by atoms with Gasteiger partial charge in [-0.15, -0.1) is 5.10 Å². The number of hydrogen-bond donors (Lipinski definition) is 2. The van der Waals surface area contributed by atoms with Gasteiger partial charge in [-0.05, 0) is 42.5 Å². The monoisotopic (exact) mass is 447 g/mol. The summed E-state index contributed by atoms with van der Waals surface area (Å²) in [5.41, 5.74) is 7.73. The Hall–Kier alpha value is -4.47. The van der Waals surface area contributed by atoms with E-state index in [1.54, 1.807) is 18.3 Å². The van der Waals surface area contributed by atoms with Crippen molar-refractivity contribution in [1.82, 2.24) is 24.7 Å². The molecule has 10 heteroatoms. The van der Waals surface area contributed by atoms with Crippen LogP contribution in [0.3, 0.4) is 0 Å². The molecule has 5 rings (SSSR count). The van der Waals surface area contributed by atoms with Crippen molar-refractivity contribution >= 4 is 22.8 Å². The van der Waals surface area contributed by atoms with E-state index in [0.29, 0.717) is 12.2 Å². The molecule has 0 fully saturated rings. The third-order valence-corrected chi connectivity index (χ3v) is 4.96. The summed E-state index contributed by atoms with van der Waals surface area (Å²) in [5.74, 6) is -1.77. The fourth-order valence-electron chi connectivity index (χ4n) is 3.44. The van der Waals surface area contributed by atoms with Gasteiger partial charge in [-0.3, -0.25) is 4.98 Å². The second-order valence-electron chi connectivity index (χ2n) is 7.17. The maximum Gasteiger partial charge on any atom is 0.225 e. The predicted molar refractivity (Wildman–Crippen MR) is 118 cm³/mol. The number of hydrogen-bond acceptors (Lipinski definition) is 6. The molecular formula is C23H16F3N7. The first kappa shape index (κ1) is 20.4. The second-order valence-corrected chi connectivity index (χ2v) is 7.17. The first-order valence-electron chi connectivity index (χ1n) is 9.91. The van der Waals surface area contributed by atoms with Crippen LogP contribution in [0.5, 0.6) is 0 Å². The van der Waals surface area contributed by atoms with Crippen LogP contribution in [-0.2, 0) is 6.54 Å². The molecule has 3 aromatic heterocycles. The Bertz CT molecular complexity index is 1470. The van der Waals surface area contributed by atoms with E-state index < -0.39 is 17.5 Å². The number of anilines is 2. The third kappa shape index (κ3) is 3.93. The molecule has 0 unspecified atom stereocenters. The Labute approximate surface area is 185 Å². The number of benzene rings is 2. The zero-order valence-electron chi connectivity index (χ0n) is 17.0. The number of nitrogens with one attached hydrogen (secondary N) is 1. The van der Waals surface area contributed by atoms with Crippen LogP contribution in [0.2, 0.25) is 0 Å². The third-order valence-electron chi connectivity index (χ3n) is 4.96. The molecule has 164 valence electrons. The molecule has 0 saturated carbocycles. The maximum absolute atomic E-state index is 14.7. The molecule has 0 bridgehead atoms. The van der Waals surface area contributed by atoms with Gasteiger partial charge in [0.25, 0.3) is 0 Å². The summed E-state index contributed by atoms with van der Waals surface area (Å²) in [5, 5.41) is 7.69. The average molecular weight is 447 g/mol. The number of pyridine rings is 1. The van der Waals surface area contributed by atoms with E-state index in [1.807, 2.05) is 12.1 Å². The molecule has 3 N–H and O–H groups in total. The standard InChI is InChI=1S/C23H16F3N7/c24-13-4-3-6-16(10-13)33-21(27)19-20(17-8-7-14(25)11-18(17)26)30-23(31-22(19)32-33)29-12-15-5-1-2-9-28-15/h1-11H,12,27H2,(H,29,31,32). The van der Waals surface area contributed by atoms with Crippen LogP contribution in [0.15, 0.2) is 66.9 Å². The Morgan fingerprint density at radius 1 is 0.909 bits per heavy atom. The lowest BCUT2D eigenvalue weighted by Gasteiger charge is -2.09. The van der Waals surface area contributed by atoms with Gasteiger partial charge in [-0.1, -0.05) is 12.1 Å². The molecule has 0 aliphatic carbocycles. The number of nitrogens with zero attached hydrogens (tertiary/aromatic N) is 5. The molecule has 0 radical (unpaired) electrons. The summed E-state index contributed by atoms with van der Waals surface area (Å²) in [6, 6.07) is 14.3. The quantitative estimate of drug-likeness (QED) is 0.412. The highest BCUT2D eigenvalue weighted by molar-refractivity contribution is 5.99. The summed E-state index contributed by atoms with van der Waals surface area (Å²) in [4.78, 5) is 13.1. The van der Waals surface area contributed by atoms with E-state index in [1.165, 1.54) is 28.9 Å². The van der Waals surface area contributed by atoms with Gasteiger partial charge in [0.15, 0.2) is 5.65 Å². The minimum Gasteiger partial charge on any atom is -0.383 e. The van der Waals surface area contributed by atoms with E-state index in [4.69, 9.17) is 5.73 Å². The molecule has 3 heterocycles. The van der Waals surface area contributed by atoms with Crippen LogP contribution < -0.4 is 11.1 Å². The van der Waals surface area contributed by atoms with Crippen LogP contribution in [0.25, 0.3) is 28.0 Å². The van der Waals surface area contributed by atoms with Crippen molar-refractivity contribution in [3.63, 3.8) is 0 Å². The Balaban J connectivity index is 1.68. The number of nitrogen functional groups attached to an aromatic ring is 1. The first-order valence-corrected chi connectivity index (χ1v) is 9.91. The van der Waals surface area contributed by atoms with Gasteiger partial charge in [0.1, 0.15) is 23.3 Å². The van der Waals surface area contributed by atoms with Crippen LogP contribution in [0.1, 0.15) is 5.69 Å². The molecule has 0 spiro atoms. The van der Waals surface area contributed by atoms with Crippen molar-refractivity contribution in [1.29, 1.82) is 0 Å². The normalized spacial score (nSPS) is 11.1. The van der Waals surface area contributed by atoms with Crippen LogP contribution in [0, 0.1) is 17.5 Å². The highest BCUT2D eigenvalue weighted by Crippen LogP contribution is 2.34. The van der Waals surface area contributed by atoms with Gasteiger partial charge in [0, 0.05) is 17.8 Å². The van der Waals surface area contributed by atoms with Crippen LogP contribution in [0.4, 0.5) is 24.9 Å². The topological polar surface area (TPSA) is 94.5 Å². The van der Waals surface area contributed by atoms with Gasteiger partial charge < -0.3 is 11.1 Å². The average Bonchev–Trinajstić information content (AvgIpc) is 3.14. The number of nitrogens with two attached hydrogens (primary N) is 1. The van der Waals surface area contributed by atoms with Gasteiger partial charge in [-0.25, -0.2) is 22.8 Å². The molecule has 0 atom stereocenters. The zero-order valence-corrected chi connectivity index (χ0v) is 17.0. The summed E-state index contributed by atoms with van der Waals surface area (Å²) in [7, 11) is 0. The van der Waals surface area contributed by atoms with Crippen molar-refractivity contribution in [2.75, 3.05) is 11.1 Å². The fraction of sp³-hybridized carbons (Fsp3) is 0.0435. The highest BCUT2D eigenvalue weighted by atomic mass is 19.1. The van der Waals surface area contributed by atoms with Gasteiger partial charge >= 0.3 is 0 Å². The smallest absolute Gasteiger partial charge is 0.225 e. The molecule has 7 nitrogen and oxygen atoms in total. The Morgan fingerprint density at radius 2 is 1.76 bits per heavy atom. The van der Waals surface area contributed by atoms with Crippen molar-refractivity contribution < 1.29 is 13.2 Å². The minimum atomic E-state index is -0.816. The van der Waals surface area contributed by atoms with Crippen molar-refractivity contribution in [3.8, 4) is 16.9 Å². The van der Waals surface area contributed by atoms with Crippen molar-refractivity contribution in [3.05, 3.63) is 90.0 Å². The lowest BCUT2D eigenvalue weighted by molar-refractivity contribution is 0.585. The van der Waals surface area contributed by atoms with E-state index in [0.717, 1.165) is 17.8 Å². The van der Waals surface area contributed by atoms with Gasteiger partial charge in [0.2, 0.25) is 5.95 Å².